The molecule has 0 saturated heterocycles. The van der Waals surface area contributed by atoms with E-state index in [2.05, 4.69) is 19.9 Å². The van der Waals surface area contributed by atoms with Gasteiger partial charge in [0.05, 0.1) is 13.7 Å². The van der Waals surface area contributed by atoms with E-state index in [9.17, 15) is 4.79 Å². The van der Waals surface area contributed by atoms with Crippen LogP contribution in [0.1, 0.15) is 45.1 Å². The molecule has 0 aliphatic rings. The summed E-state index contributed by atoms with van der Waals surface area (Å²) in [6, 6.07) is 12.0. The quantitative estimate of drug-likeness (QED) is 0.439. The van der Waals surface area contributed by atoms with Crippen molar-refractivity contribution in [3.05, 3.63) is 48.0 Å². The fraction of sp³-hybridized carbons (Fsp3) is 0.409. The van der Waals surface area contributed by atoms with E-state index in [1.165, 1.54) is 18.9 Å². The summed E-state index contributed by atoms with van der Waals surface area (Å²) >= 11 is 0. The zero-order valence-electron chi connectivity index (χ0n) is 15.5. The molecule has 2 rings (SSSR count). The van der Waals surface area contributed by atoms with Crippen LogP contribution < -0.4 is 4.74 Å². The lowest BCUT2D eigenvalue weighted by molar-refractivity contribution is -0.139. The number of rotatable bonds is 9. The smallest absolute Gasteiger partial charge is 0.330 e. The van der Waals surface area contributed by atoms with E-state index >= 15 is 0 Å². The highest BCUT2D eigenvalue weighted by Crippen LogP contribution is 2.22. The number of methoxy groups -OCH3 is 1. The number of fused-ring (bicyclic) bond motifs is 1. The molecule has 134 valence electrons. The Kier molecular flexibility index (Phi) is 7.52. The van der Waals surface area contributed by atoms with E-state index < -0.39 is 0 Å². The van der Waals surface area contributed by atoms with Crippen LogP contribution in [-0.4, -0.2) is 19.7 Å². The topological polar surface area (TPSA) is 35.5 Å². The molecule has 0 heterocycles. The lowest BCUT2D eigenvalue weighted by atomic mass is 10.0. The first-order chi connectivity index (χ1) is 12.2. The minimum Gasteiger partial charge on any atom is -0.497 e. The summed E-state index contributed by atoms with van der Waals surface area (Å²) in [5.74, 6) is 1.03. The van der Waals surface area contributed by atoms with Crippen LogP contribution in [-0.2, 0) is 9.53 Å². The zero-order chi connectivity index (χ0) is 18.1. The van der Waals surface area contributed by atoms with Gasteiger partial charge in [-0.15, -0.1) is 0 Å². The van der Waals surface area contributed by atoms with E-state index in [-0.39, 0.29) is 5.97 Å². The maximum atomic E-state index is 11.9. The molecular weight excluding hydrogens is 312 g/mol. The molecule has 0 saturated carbocycles. The minimum atomic E-state index is -0.273. The second-order valence-corrected chi connectivity index (χ2v) is 6.35. The molecule has 0 fully saturated rings. The molecule has 2 aromatic rings. The average molecular weight is 340 g/mol. The van der Waals surface area contributed by atoms with Gasteiger partial charge in [0.25, 0.3) is 0 Å². The minimum absolute atomic E-state index is 0.273. The van der Waals surface area contributed by atoms with E-state index in [0.717, 1.165) is 34.9 Å². The number of benzene rings is 2. The second kappa shape index (κ2) is 9.87. The van der Waals surface area contributed by atoms with Gasteiger partial charge < -0.3 is 9.47 Å². The van der Waals surface area contributed by atoms with Gasteiger partial charge in [0.2, 0.25) is 0 Å². The van der Waals surface area contributed by atoms with Crippen LogP contribution in [0.25, 0.3) is 16.8 Å². The van der Waals surface area contributed by atoms with Crippen LogP contribution in [0.4, 0.5) is 0 Å². The summed E-state index contributed by atoms with van der Waals surface area (Å²) in [6.45, 7) is 4.84. The van der Waals surface area contributed by atoms with Gasteiger partial charge in [-0.25, -0.2) is 4.79 Å². The number of esters is 1. The van der Waals surface area contributed by atoms with Crippen molar-refractivity contribution in [2.45, 2.75) is 39.5 Å². The molecule has 1 unspecified atom stereocenters. The number of hydrogen-bond donors (Lipinski definition) is 0. The molecule has 0 aliphatic heterocycles. The Hall–Kier alpha value is -2.29. The van der Waals surface area contributed by atoms with Gasteiger partial charge in [-0.3, -0.25) is 0 Å². The van der Waals surface area contributed by atoms with Crippen LogP contribution in [0.2, 0.25) is 0 Å². The Labute approximate surface area is 150 Å². The summed E-state index contributed by atoms with van der Waals surface area (Å²) in [5.41, 5.74) is 0.979. The van der Waals surface area contributed by atoms with Crippen molar-refractivity contribution in [2.24, 2.45) is 5.92 Å². The molecule has 0 radical (unpaired) electrons. The maximum Gasteiger partial charge on any atom is 0.330 e. The SMILES string of the molecule is CCCCC(CC)COC(=O)C=Cc1ccc2cc(OC)ccc2c1. The Morgan fingerprint density at radius 1 is 1.12 bits per heavy atom. The molecule has 0 spiro atoms. The number of carbonyl (C=O) groups excluding carboxylic acids is 1. The molecule has 0 aliphatic carbocycles. The predicted molar refractivity (Wildman–Crippen MR) is 104 cm³/mol. The Morgan fingerprint density at radius 2 is 1.88 bits per heavy atom. The third-order valence-electron chi connectivity index (χ3n) is 4.49. The van der Waals surface area contributed by atoms with Crippen molar-refractivity contribution in [1.29, 1.82) is 0 Å². The summed E-state index contributed by atoms with van der Waals surface area (Å²) in [4.78, 5) is 11.9. The highest BCUT2D eigenvalue weighted by Gasteiger charge is 2.08. The number of unbranched alkanes of at least 4 members (excludes halogenated alkanes) is 1. The molecule has 25 heavy (non-hydrogen) atoms. The maximum absolute atomic E-state index is 11.9. The van der Waals surface area contributed by atoms with E-state index in [1.807, 2.05) is 30.3 Å². The van der Waals surface area contributed by atoms with Gasteiger partial charge in [-0.2, -0.15) is 0 Å². The molecule has 0 aromatic heterocycles. The van der Waals surface area contributed by atoms with Gasteiger partial charge >= 0.3 is 5.97 Å². The number of hydrogen-bond acceptors (Lipinski definition) is 3. The van der Waals surface area contributed by atoms with Crippen LogP contribution in [0, 0.1) is 5.92 Å². The highest BCUT2D eigenvalue weighted by atomic mass is 16.5. The summed E-state index contributed by atoms with van der Waals surface area (Å²) in [7, 11) is 1.66. The summed E-state index contributed by atoms with van der Waals surface area (Å²) < 4.78 is 10.6. The first-order valence-corrected chi connectivity index (χ1v) is 9.09. The fourth-order valence-corrected chi connectivity index (χ4v) is 2.78. The first kappa shape index (κ1) is 19.0. The monoisotopic (exact) mass is 340 g/mol. The third-order valence-corrected chi connectivity index (χ3v) is 4.49. The van der Waals surface area contributed by atoms with E-state index in [0.29, 0.717) is 12.5 Å². The average Bonchev–Trinajstić information content (AvgIpc) is 2.65. The van der Waals surface area contributed by atoms with Crippen molar-refractivity contribution in [1.82, 2.24) is 0 Å². The molecule has 0 amide bonds. The third kappa shape index (κ3) is 5.93. The molecule has 3 heteroatoms. The van der Waals surface area contributed by atoms with Gasteiger partial charge in [-0.1, -0.05) is 51.3 Å². The van der Waals surface area contributed by atoms with Gasteiger partial charge in [-0.05, 0) is 52.9 Å². The molecular formula is C22H28O3. The Morgan fingerprint density at radius 3 is 2.60 bits per heavy atom. The molecule has 0 bridgehead atoms. The summed E-state index contributed by atoms with van der Waals surface area (Å²) in [5, 5.41) is 2.22. The van der Waals surface area contributed by atoms with Crippen molar-refractivity contribution in [3.8, 4) is 5.75 Å². The van der Waals surface area contributed by atoms with Gasteiger partial charge in [0.1, 0.15) is 5.75 Å². The first-order valence-electron chi connectivity index (χ1n) is 9.09. The Balaban J connectivity index is 1.94. The normalized spacial score (nSPS) is 12.4. The van der Waals surface area contributed by atoms with Crippen molar-refractivity contribution >= 4 is 22.8 Å². The predicted octanol–water partition coefficient (Wildman–Crippen LogP) is 5.62. The van der Waals surface area contributed by atoms with E-state index in [1.54, 1.807) is 13.2 Å². The van der Waals surface area contributed by atoms with Crippen LogP contribution >= 0.6 is 0 Å². The lowest BCUT2D eigenvalue weighted by Gasteiger charge is -2.13. The molecule has 3 nitrogen and oxygen atoms in total. The molecule has 2 aromatic carbocycles. The molecule has 0 N–H and O–H groups in total. The van der Waals surface area contributed by atoms with Crippen LogP contribution in [0.15, 0.2) is 42.5 Å². The highest BCUT2D eigenvalue weighted by molar-refractivity contribution is 5.90. The number of carbonyl (C=O) groups is 1. The largest absolute Gasteiger partial charge is 0.497 e. The lowest BCUT2D eigenvalue weighted by Crippen LogP contribution is -2.12. The van der Waals surface area contributed by atoms with E-state index in [4.69, 9.17) is 9.47 Å². The van der Waals surface area contributed by atoms with Crippen molar-refractivity contribution in [3.63, 3.8) is 0 Å². The second-order valence-electron chi connectivity index (χ2n) is 6.35. The van der Waals surface area contributed by atoms with Crippen LogP contribution in [0.3, 0.4) is 0 Å². The van der Waals surface area contributed by atoms with Crippen LogP contribution in [0.5, 0.6) is 5.75 Å². The van der Waals surface area contributed by atoms with Gasteiger partial charge in [0, 0.05) is 6.08 Å². The molecule has 1 atom stereocenters. The summed E-state index contributed by atoms with van der Waals surface area (Å²) in [6.07, 6.45) is 7.85. The number of ether oxygens (including phenoxy) is 2. The fourth-order valence-electron chi connectivity index (χ4n) is 2.78. The van der Waals surface area contributed by atoms with Gasteiger partial charge in [0.15, 0.2) is 0 Å². The standard InChI is InChI=1S/C22H28O3/c1-4-6-7-17(5-2)16-25-22(23)13-9-18-8-10-20-15-21(24-3)12-11-19(20)14-18/h8-15,17H,4-7,16H2,1-3H3. The zero-order valence-corrected chi connectivity index (χ0v) is 15.5. The van der Waals surface area contributed by atoms with Crippen molar-refractivity contribution < 1.29 is 14.3 Å². The van der Waals surface area contributed by atoms with Crippen molar-refractivity contribution in [2.75, 3.05) is 13.7 Å². The Bertz CT molecular complexity index is 718.